The normalized spacial score (nSPS) is 24.9. The summed E-state index contributed by atoms with van der Waals surface area (Å²) in [7, 11) is -3.53. The SMILES string of the molecule is O=S1(=O)N[C@@H](Cc2cccs2)[C@@H](O)c2ccccc21. The van der Waals surface area contributed by atoms with Gasteiger partial charge >= 0.3 is 0 Å². The molecule has 2 atom stereocenters. The van der Waals surface area contributed by atoms with E-state index in [9.17, 15) is 13.5 Å². The van der Waals surface area contributed by atoms with Gasteiger partial charge in [0, 0.05) is 16.9 Å². The highest BCUT2D eigenvalue weighted by molar-refractivity contribution is 7.89. The lowest BCUT2D eigenvalue weighted by atomic mass is 9.99. The van der Waals surface area contributed by atoms with Crippen LogP contribution in [0.4, 0.5) is 0 Å². The van der Waals surface area contributed by atoms with Crippen molar-refractivity contribution < 1.29 is 13.5 Å². The van der Waals surface area contributed by atoms with Crippen LogP contribution < -0.4 is 4.72 Å². The molecular weight excluding hydrogens is 282 g/mol. The summed E-state index contributed by atoms with van der Waals surface area (Å²) in [6.07, 6.45) is -0.325. The van der Waals surface area contributed by atoms with Crippen LogP contribution in [-0.2, 0) is 16.4 Å². The lowest BCUT2D eigenvalue weighted by molar-refractivity contribution is 0.132. The maximum atomic E-state index is 12.1. The molecule has 0 unspecified atom stereocenters. The minimum Gasteiger partial charge on any atom is -0.387 e. The van der Waals surface area contributed by atoms with E-state index >= 15 is 0 Å². The number of hydrogen-bond acceptors (Lipinski definition) is 4. The van der Waals surface area contributed by atoms with Gasteiger partial charge in [0.1, 0.15) is 0 Å². The van der Waals surface area contributed by atoms with Crippen LogP contribution in [0.15, 0.2) is 46.7 Å². The molecule has 0 amide bonds. The second-order valence-electron chi connectivity index (χ2n) is 4.49. The fourth-order valence-electron chi connectivity index (χ4n) is 2.31. The van der Waals surface area contributed by atoms with E-state index in [2.05, 4.69) is 4.72 Å². The number of aliphatic hydroxyl groups is 1. The van der Waals surface area contributed by atoms with E-state index in [1.165, 1.54) is 6.07 Å². The molecule has 0 fully saturated rings. The van der Waals surface area contributed by atoms with Gasteiger partial charge < -0.3 is 5.11 Å². The molecule has 0 saturated heterocycles. The lowest BCUT2D eigenvalue weighted by Crippen LogP contribution is -2.45. The number of fused-ring (bicyclic) bond motifs is 1. The Kier molecular flexibility index (Phi) is 3.18. The van der Waals surface area contributed by atoms with Gasteiger partial charge in [-0.3, -0.25) is 0 Å². The summed E-state index contributed by atoms with van der Waals surface area (Å²) in [5, 5.41) is 12.3. The van der Waals surface area contributed by atoms with Crippen LogP contribution in [0.1, 0.15) is 16.5 Å². The molecule has 0 saturated carbocycles. The molecule has 1 aliphatic heterocycles. The van der Waals surface area contributed by atoms with Gasteiger partial charge in [0.15, 0.2) is 0 Å². The molecule has 2 heterocycles. The number of aliphatic hydroxyl groups excluding tert-OH is 1. The number of rotatable bonds is 2. The molecule has 0 aliphatic carbocycles. The van der Waals surface area contributed by atoms with Crippen molar-refractivity contribution in [3.63, 3.8) is 0 Å². The van der Waals surface area contributed by atoms with Crippen LogP contribution in [0.25, 0.3) is 0 Å². The van der Waals surface area contributed by atoms with Gasteiger partial charge in [-0.15, -0.1) is 11.3 Å². The molecule has 4 nitrogen and oxygen atoms in total. The van der Waals surface area contributed by atoms with E-state index in [1.807, 2.05) is 17.5 Å². The first-order valence-corrected chi connectivity index (χ1v) is 8.26. The van der Waals surface area contributed by atoms with Gasteiger partial charge in [-0.1, -0.05) is 24.3 Å². The van der Waals surface area contributed by atoms with Crippen molar-refractivity contribution in [2.45, 2.75) is 23.5 Å². The van der Waals surface area contributed by atoms with E-state index < -0.39 is 22.2 Å². The van der Waals surface area contributed by atoms with Crippen molar-refractivity contribution in [2.75, 3.05) is 0 Å². The molecule has 0 radical (unpaired) electrons. The van der Waals surface area contributed by atoms with Crippen molar-refractivity contribution in [1.29, 1.82) is 0 Å². The number of thiophene rings is 1. The zero-order valence-corrected chi connectivity index (χ0v) is 11.6. The predicted octanol–water partition coefficient (Wildman–Crippen LogP) is 1.68. The molecule has 2 aromatic rings. The minimum absolute atomic E-state index is 0.171. The highest BCUT2D eigenvalue weighted by atomic mass is 32.2. The molecule has 0 spiro atoms. The molecule has 1 aromatic heterocycles. The lowest BCUT2D eigenvalue weighted by Gasteiger charge is -2.30. The van der Waals surface area contributed by atoms with Gasteiger partial charge in [0.25, 0.3) is 0 Å². The smallest absolute Gasteiger partial charge is 0.241 e. The highest BCUT2D eigenvalue weighted by Gasteiger charge is 2.36. The summed E-state index contributed by atoms with van der Waals surface area (Å²) in [6, 6.07) is 9.92. The van der Waals surface area contributed by atoms with E-state index in [1.54, 1.807) is 29.5 Å². The average molecular weight is 295 g/mol. The Morgan fingerprint density at radius 1 is 1.21 bits per heavy atom. The second-order valence-corrected chi connectivity index (χ2v) is 7.21. The van der Waals surface area contributed by atoms with Crippen molar-refractivity contribution in [1.82, 2.24) is 4.72 Å². The molecule has 19 heavy (non-hydrogen) atoms. The predicted molar refractivity (Wildman–Crippen MR) is 73.5 cm³/mol. The van der Waals surface area contributed by atoms with Gasteiger partial charge in [0.2, 0.25) is 10.0 Å². The Balaban J connectivity index is 1.99. The number of benzene rings is 1. The van der Waals surface area contributed by atoms with Crippen LogP contribution in [0.2, 0.25) is 0 Å². The highest BCUT2D eigenvalue weighted by Crippen LogP contribution is 2.32. The van der Waals surface area contributed by atoms with Crippen molar-refractivity contribution in [2.24, 2.45) is 0 Å². The third-order valence-corrected chi connectivity index (χ3v) is 5.68. The first kappa shape index (κ1) is 12.8. The molecule has 1 aliphatic rings. The van der Waals surface area contributed by atoms with Gasteiger partial charge in [-0.25, -0.2) is 13.1 Å². The zero-order chi connectivity index (χ0) is 13.5. The molecule has 0 bridgehead atoms. The third kappa shape index (κ3) is 2.32. The molecule has 1 aromatic carbocycles. The Morgan fingerprint density at radius 3 is 2.74 bits per heavy atom. The van der Waals surface area contributed by atoms with E-state index in [0.29, 0.717) is 12.0 Å². The quantitative estimate of drug-likeness (QED) is 0.886. The Morgan fingerprint density at radius 2 is 2.00 bits per heavy atom. The molecule has 2 N–H and O–H groups in total. The molecule has 3 rings (SSSR count). The Bertz CT molecular complexity index is 680. The summed E-state index contributed by atoms with van der Waals surface area (Å²) in [6.45, 7) is 0. The van der Waals surface area contributed by atoms with Crippen molar-refractivity contribution in [3.8, 4) is 0 Å². The second kappa shape index (κ2) is 4.72. The Hall–Kier alpha value is -1.21. The van der Waals surface area contributed by atoms with E-state index in [-0.39, 0.29) is 4.90 Å². The van der Waals surface area contributed by atoms with Crippen LogP contribution in [0.5, 0.6) is 0 Å². The molecular formula is C13H13NO3S2. The molecule has 6 heteroatoms. The van der Waals surface area contributed by atoms with Gasteiger partial charge in [-0.05, 0) is 17.5 Å². The average Bonchev–Trinajstić information content (AvgIpc) is 2.88. The van der Waals surface area contributed by atoms with Crippen LogP contribution >= 0.6 is 11.3 Å². The maximum Gasteiger partial charge on any atom is 0.241 e. The third-order valence-electron chi connectivity index (χ3n) is 3.22. The van der Waals surface area contributed by atoms with Crippen molar-refractivity contribution in [3.05, 3.63) is 52.2 Å². The van der Waals surface area contributed by atoms with Crippen LogP contribution in [0, 0.1) is 0 Å². The largest absolute Gasteiger partial charge is 0.387 e. The Labute approximate surface area is 115 Å². The van der Waals surface area contributed by atoms with Crippen molar-refractivity contribution >= 4 is 21.4 Å². The van der Waals surface area contributed by atoms with Crippen LogP contribution in [-0.4, -0.2) is 19.6 Å². The number of hydrogen-bond donors (Lipinski definition) is 2. The summed E-state index contributed by atoms with van der Waals surface area (Å²) < 4.78 is 26.8. The first-order valence-electron chi connectivity index (χ1n) is 5.89. The summed E-state index contributed by atoms with van der Waals surface area (Å²) in [5.41, 5.74) is 0.475. The maximum absolute atomic E-state index is 12.1. The standard InChI is InChI=1S/C13H13NO3S2/c15-13-10-5-1-2-6-12(10)19(16,17)14-11(13)8-9-4-3-7-18-9/h1-7,11,13-15H,8H2/t11-,13-/m0/s1. The fourth-order valence-corrected chi connectivity index (χ4v) is 4.57. The topological polar surface area (TPSA) is 66.4 Å². The summed E-state index contributed by atoms with van der Waals surface area (Å²) in [4.78, 5) is 1.22. The summed E-state index contributed by atoms with van der Waals surface area (Å²) >= 11 is 1.55. The summed E-state index contributed by atoms with van der Waals surface area (Å²) in [5.74, 6) is 0. The van der Waals surface area contributed by atoms with E-state index in [0.717, 1.165) is 4.88 Å². The van der Waals surface area contributed by atoms with Crippen LogP contribution in [0.3, 0.4) is 0 Å². The zero-order valence-electron chi connectivity index (χ0n) is 9.98. The van der Waals surface area contributed by atoms with Gasteiger partial charge in [-0.2, -0.15) is 0 Å². The fraction of sp³-hybridized carbons (Fsp3) is 0.231. The monoisotopic (exact) mass is 295 g/mol. The van der Waals surface area contributed by atoms with E-state index in [4.69, 9.17) is 0 Å². The van der Waals surface area contributed by atoms with Gasteiger partial charge in [0.05, 0.1) is 17.0 Å². The number of nitrogens with one attached hydrogen (secondary N) is 1. The first-order chi connectivity index (χ1) is 9.08. The number of sulfonamides is 1. The minimum atomic E-state index is -3.53. The molecule has 100 valence electrons.